The van der Waals surface area contributed by atoms with Crippen molar-refractivity contribution in [3.05, 3.63) is 65.7 Å². The molecular formula is C17H16N2. The number of benzene rings is 2. The molecule has 1 aliphatic rings. The van der Waals surface area contributed by atoms with E-state index in [1.165, 1.54) is 22.4 Å². The Balaban J connectivity index is 1.92. The summed E-state index contributed by atoms with van der Waals surface area (Å²) in [7, 11) is 0. The lowest BCUT2D eigenvalue weighted by molar-refractivity contribution is 1.24. The largest absolute Gasteiger partial charge is 0.380 e. The highest BCUT2D eigenvalue weighted by Crippen LogP contribution is 2.29. The zero-order chi connectivity index (χ0) is 13.1. The molecule has 0 aliphatic carbocycles. The van der Waals surface area contributed by atoms with Gasteiger partial charge < -0.3 is 5.32 Å². The number of allylic oxidation sites excluding steroid dienone is 1. The van der Waals surface area contributed by atoms with Crippen LogP contribution in [-0.2, 0) is 0 Å². The van der Waals surface area contributed by atoms with Crippen LogP contribution in [-0.4, -0.2) is 12.8 Å². The van der Waals surface area contributed by atoms with Crippen molar-refractivity contribution in [1.29, 1.82) is 0 Å². The number of fused-ring (bicyclic) bond motifs is 1. The van der Waals surface area contributed by atoms with Crippen LogP contribution in [0.3, 0.4) is 0 Å². The molecule has 0 amide bonds. The van der Waals surface area contributed by atoms with E-state index in [4.69, 9.17) is 0 Å². The van der Waals surface area contributed by atoms with Crippen LogP contribution >= 0.6 is 0 Å². The second-order valence-electron chi connectivity index (χ2n) is 4.64. The zero-order valence-corrected chi connectivity index (χ0v) is 10.9. The molecule has 0 saturated carbocycles. The number of para-hydroxylation sites is 2. The molecule has 94 valence electrons. The van der Waals surface area contributed by atoms with Gasteiger partial charge in [0.25, 0.3) is 0 Å². The summed E-state index contributed by atoms with van der Waals surface area (Å²) in [6, 6.07) is 18.4. The first-order valence-corrected chi connectivity index (χ1v) is 6.47. The van der Waals surface area contributed by atoms with E-state index in [0.29, 0.717) is 0 Å². The molecule has 2 aromatic rings. The average molecular weight is 248 g/mol. The van der Waals surface area contributed by atoms with Gasteiger partial charge in [-0.2, -0.15) is 0 Å². The first-order valence-electron chi connectivity index (χ1n) is 6.47. The molecule has 3 rings (SSSR count). The first kappa shape index (κ1) is 11.7. The van der Waals surface area contributed by atoms with Gasteiger partial charge >= 0.3 is 0 Å². The molecule has 2 nitrogen and oxygen atoms in total. The number of nitrogens with zero attached hydrogens (tertiary/aromatic N) is 1. The van der Waals surface area contributed by atoms with Crippen LogP contribution in [0.25, 0.3) is 5.57 Å². The smallest absolute Gasteiger partial charge is 0.0629 e. The monoisotopic (exact) mass is 248 g/mol. The number of aliphatic imine (C=N–C) groups is 1. The van der Waals surface area contributed by atoms with Gasteiger partial charge in [0.05, 0.1) is 5.69 Å². The van der Waals surface area contributed by atoms with E-state index in [2.05, 4.69) is 41.5 Å². The Morgan fingerprint density at radius 1 is 1.00 bits per heavy atom. The quantitative estimate of drug-likeness (QED) is 0.788. The number of hydrogen-bond acceptors (Lipinski definition) is 2. The summed E-state index contributed by atoms with van der Waals surface area (Å²) < 4.78 is 0. The minimum Gasteiger partial charge on any atom is -0.380 e. The van der Waals surface area contributed by atoms with Gasteiger partial charge in [0, 0.05) is 24.0 Å². The van der Waals surface area contributed by atoms with E-state index in [1.807, 2.05) is 36.5 Å². The maximum atomic E-state index is 4.53. The molecule has 0 bridgehead atoms. The summed E-state index contributed by atoms with van der Waals surface area (Å²) in [5, 5.41) is 3.43. The van der Waals surface area contributed by atoms with Crippen LogP contribution in [0.1, 0.15) is 12.5 Å². The molecule has 0 aromatic heterocycles. The molecule has 0 unspecified atom stereocenters. The van der Waals surface area contributed by atoms with E-state index in [9.17, 15) is 0 Å². The minimum absolute atomic E-state index is 0.833. The summed E-state index contributed by atoms with van der Waals surface area (Å²) in [6.45, 7) is 2.99. The number of hydrogen-bond donors (Lipinski definition) is 1. The van der Waals surface area contributed by atoms with Crippen molar-refractivity contribution < 1.29 is 0 Å². The SMILES string of the molecule is CC1=C(C=Nc2ccccc2)CNc2ccccc21. The molecule has 2 heteroatoms. The fourth-order valence-corrected chi connectivity index (χ4v) is 2.27. The van der Waals surface area contributed by atoms with E-state index in [1.54, 1.807) is 0 Å². The summed E-state index contributed by atoms with van der Waals surface area (Å²) in [6.07, 6.45) is 1.97. The first-order chi connectivity index (χ1) is 9.34. The molecule has 0 atom stereocenters. The Hall–Kier alpha value is -2.35. The van der Waals surface area contributed by atoms with Crippen LogP contribution < -0.4 is 5.32 Å². The molecule has 0 radical (unpaired) electrons. The second-order valence-corrected chi connectivity index (χ2v) is 4.64. The van der Waals surface area contributed by atoms with E-state index in [0.717, 1.165) is 12.2 Å². The highest BCUT2D eigenvalue weighted by atomic mass is 14.9. The highest BCUT2D eigenvalue weighted by Gasteiger charge is 2.12. The summed E-state index contributed by atoms with van der Waals surface area (Å²) >= 11 is 0. The summed E-state index contributed by atoms with van der Waals surface area (Å²) in [5.74, 6) is 0. The number of nitrogens with one attached hydrogen (secondary N) is 1. The van der Waals surface area contributed by atoms with E-state index >= 15 is 0 Å². The van der Waals surface area contributed by atoms with Crippen molar-refractivity contribution >= 4 is 23.2 Å². The third-order valence-corrected chi connectivity index (χ3v) is 3.41. The van der Waals surface area contributed by atoms with Crippen molar-refractivity contribution in [3.63, 3.8) is 0 Å². The molecule has 0 spiro atoms. The van der Waals surface area contributed by atoms with Crippen molar-refractivity contribution in [3.8, 4) is 0 Å². The number of anilines is 1. The third kappa shape index (κ3) is 2.43. The van der Waals surface area contributed by atoms with Crippen molar-refractivity contribution in [2.24, 2.45) is 4.99 Å². The minimum atomic E-state index is 0.833. The molecule has 19 heavy (non-hydrogen) atoms. The van der Waals surface area contributed by atoms with Gasteiger partial charge in [-0.3, -0.25) is 4.99 Å². The molecule has 1 N–H and O–H groups in total. The van der Waals surface area contributed by atoms with Gasteiger partial charge in [0.1, 0.15) is 0 Å². The van der Waals surface area contributed by atoms with Gasteiger partial charge in [0.15, 0.2) is 0 Å². The van der Waals surface area contributed by atoms with Crippen LogP contribution in [0.4, 0.5) is 11.4 Å². The van der Waals surface area contributed by atoms with Gasteiger partial charge in [0.2, 0.25) is 0 Å². The van der Waals surface area contributed by atoms with E-state index < -0.39 is 0 Å². The van der Waals surface area contributed by atoms with Gasteiger partial charge in [-0.05, 0) is 36.3 Å². The van der Waals surface area contributed by atoms with Crippen molar-refractivity contribution in [2.75, 3.05) is 11.9 Å². The predicted molar refractivity (Wildman–Crippen MR) is 82.1 cm³/mol. The molecule has 0 fully saturated rings. The fraction of sp³-hybridized carbons (Fsp3) is 0.118. The molecule has 0 saturated heterocycles. The zero-order valence-electron chi connectivity index (χ0n) is 10.9. The Kier molecular flexibility index (Phi) is 3.15. The lowest BCUT2D eigenvalue weighted by Crippen LogP contribution is -2.13. The Morgan fingerprint density at radius 3 is 2.58 bits per heavy atom. The summed E-state index contributed by atoms with van der Waals surface area (Å²) in [5.41, 5.74) is 6.00. The number of rotatable bonds is 2. The normalized spacial score (nSPS) is 14.4. The fourth-order valence-electron chi connectivity index (χ4n) is 2.27. The Morgan fingerprint density at radius 2 is 1.74 bits per heavy atom. The van der Waals surface area contributed by atoms with Crippen LogP contribution in [0, 0.1) is 0 Å². The highest BCUT2D eigenvalue weighted by molar-refractivity contribution is 5.96. The molecule has 1 aliphatic heterocycles. The summed E-state index contributed by atoms with van der Waals surface area (Å²) in [4.78, 5) is 4.53. The lowest BCUT2D eigenvalue weighted by atomic mass is 9.97. The average Bonchev–Trinajstić information content (AvgIpc) is 2.48. The van der Waals surface area contributed by atoms with Crippen molar-refractivity contribution in [2.45, 2.75) is 6.92 Å². The maximum Gasteiger partial charge on any atom is 0.0629 e. The van der Waals surface area contributed by atoms with Crippen LogP contribution in [0.15, 0.2) is 65.2 Å². The maximum absolute atomic E-state index is 4.53. The van der Waals surface area contributed by atoms with Crippen LogP contribution in [0.5, 0.6) is 0 Å². The standard InChI is InChI=1S/C17H16N2/c1-13-14(11-18-15-7-3-2-4-8-15)12-19-17-10-6-5-9-16(13)17/h2-11,19H,12H2,1H3. The Bertz CT molecular complexity index is 639. The van der Waals surface area contributed by atoms with Gasteiger partial charge in [-0.25, -0.2) is 0 Å². The van der Waals surface area contributed by atoms with Crippen molar-refractivity contribution in [1.82, 2.24) is 0 Å². The molecule has 1 heterocycles. The predicted octanol–water partition coefficient (Wildman–Crippen LogP) is 4.29. The topological polar surface area (TPSA) is 24.4 Å². The Labute approximate surface area is 113 Å². The second kappa shape index (κ2) is 5.11. The van der Waals surface area contributed by atoms with Gasteiger partial charge in [-0.1, -0.05) is 36.4 Å². The third-order valence-electron chi connectivity index (χ3n) is 3.41. The van der Waals surface area contributed by atoms with E-state index in [-0.39, 0.29) is 0 Å². The van der Waals surface area contributed by atoms with Crippen LogP contribution in [0.2, 0.25) is 0 Å². The lowest BCUT2D eigenvalue weighted by Gasteiger charge is -2.20. The molecule has 2 aromatic carbocycles. The van der Waals surface area contributed by atoms with Gasteiger partial charge in [-0.15, -0.1) is 0 Å². The molecular weight excluding hydrogens is 232 g/mol.